The molecule has 12 nitrogen and oxygen atoms in total. The van der Waals surface area contributed by atoms with Crippen molar-refractivity contribution in [1.82, 2.24) is 0 Å². The van der Waals surface area contributed by atoms with Crippen LogP contribution in [0.5, 0.6) is 17.2 Å². The van der Waals surface area contributed by atoms with Gasteiger partial charge in [-0.15, -0.1) is 0 Å². The third-order valence-corrected chi connectivity index (χ3v) is 5.74. The lowest BCUT2D eigenvalue weighted by Gasteiger charge is -2.18. The zero-order chi connectivity index (χ0) is 29.6. The van der Waals surface area contributed by atoms with Gasteiger partial charge in [-0.05, 0) is 17.7 Å². The first-order valence-corrected chi connectivity index (χ1v) is 14.9. The molecule has 0 atom stereocenters. The summed E-state index contributed by atoms with van der Waals surface area (Å²) in [5.41, 5.74) is 0.978. The van der Waals surface area contributed by atoms with Gasteiger partial charge in [-0.25, -0.2) is 0 Å². The van der Waals surface area contributed by atoms with E-state index in [1.54, 1.807) is 21.3 Å². The van der Waals surface area contributed by atoms with Gasteiger partial charge in [0.1, 0.15) is 19.8 Å². The van der Waals surface area contributed by atoms with Crippen molar-refractivity contribution in [2.45, 2.75) is 5.33 Å². The quantitative estimate of drug-likeness (QED) is 0.0865. The Kier molecular flexibility index (Phi) is 26.6. The van der Waals surface area contributed by atoms with E-state index in [9.17, 15) is 0 Å². The minimum absolute atomic E-state index is 0.309. The number of ether oxygens (including phenoxy) is 12. The average Bonchev–Trinajstić information content (AvgIpc) is 2.99. The molecule has 0 unspecified atom stereocenters. The van der Waals surface area contributed by atoms with E-state index in [0.717, 1.165) is 5.56 Å². The molecule has 0 amide bonds. The van der Waals surface area contributed by atoms with Crippen molar-refractivity contribution in [1.29, 1.82) is 0 Å². The molecule has 1 rings (SSSR count). The second kappa shape index (κ2) is 28.8. The van der Waals surface area contributed by atoms with Crippen LogP contribution in [0.15, 0.2) is 12.1 Å². The standard InChI is InChI=1S/C28H49BrO12/c1-30-4-7-33-10-13-36-16-19-39-26-22-25(24-29)23-27(40-20-17-37-14-11-34-8-5-31-2)28(26)41-21-18-38-15-12-35-9-6-32-3/h22-23H,4-21,24H2,1-3H3. The van der Waals surface area contributed by atoms with Crippen molar-refractivity contribution >= 4 is 15.9 Å². The van der Waals surface area contributed by atoms with E-state index in [0.29, 0.717) is 142 Å². The Morgan fingerprint density at radius 1 is 0.415 bits per heavy atom. The van der Waals surface area contributed by atoms with E-state index in [2.05, 4.69) is 15.9 Å². The van der Waals surface area contributed by atoms with Crippen LogP contribution in [0, 0.1) is 0 Å². The third-order valence-electron chi connectivity index (χ3n) is 5.09. The van der Waals surface area contributed by atoms with Gasteiger partial charge in [0.25, 0.3) is 0 Å². The molecule has 0 aliphatic heterocycles. The highest BCUT2D eigenvalue weighted by Gasteiger charge is 2.16. The molecular formula is C28H49BrO12. The van der Waals surface area contributed by atoms with Gasteiger partial charge in [-0.1, -0.05) is 15.9 Å². The van der Waals surface area contributed by atoms with Gasteiger partial charge in [0.15, 0.2) is 11.5 Å². The summed E-state index contributed by atoms with van der Waals surface area (Å²) in [4.78, 5) is 0. The van der Waals surface area contributed by atoms with Crippen LogP contribution in [0.3, 0.4) is 0 Å². The predicted molar refractivity (Wildman–Crippen MR) is 156 cm³/mol. The van der Waals surface area contributed by atoms with E-state index in [4.69, 9.17) is 56.8 Å². The normalized spacial score (nSPS) is 11.2. The summed E-state index contributed by atoms with van der Waals surface area (Å²) in [6, 6.07) is 3.84. The first-order chi connectivity index (χ1) is 20.3. The zero-order valence-electron chi connectivity index (χ0n) is 24.9. The molecule has 0 radical (unpaired) electrons. The lowest BCUT2D eigenvalue weighted by atomic mass is 10.2. The SMILES string of the molecule is COCCOCCOCCOc1cc(CBr)cc(OCCOCCOCCOC)c1OCCOCCOCCOC. The summed E-state index contributed by atoms with van der Waals surface area (Å²) in [5.74, 6) is 1.62. The van der Waals surface area contributed by atoms with Crippen LogP contribution < -0.4 is 14.2 Å². The molecule has 0 N–H and O–H groups in total. The van der Waals surface area contributed by atoms with Crippen molar-refractivity contribution in [2.24, 2.45) is 0 Å². The number of benzene rings is 1. The van der Waals surface area contributed by atoms with Gasteiger partial charge in [0.05, 0.1) is 99.1 Å². The highest BCUT2D eigenvalue weighted by atomic mass is 79.9. The predicted octanol–water partition coefficient (Wildman–Crippen LogP) is 2.76. The highest BCUT2D eigenvalue weighted by molar-refractivity contribution is 9.08. The summed E-state index contributed by atoms with van der Waals surface area (Å²) >= 11 is 3.52. The summed E-state index contributed by atoms with van der Waals surface area (Å²) in [6.45, 7) is 8.31. The smallest absolute Gasteiger partial charge is 0.203 e. The number of methoxy groups -OCH3 is 3. The molecule has 0 saturated carbocycles. The molecule has 13 heteroatoms. The Balaban J connectivity index is 2.60. The molecule has 0 heterocycles. The lowest BCUT2D eigenvalue weighted by molar-refractivity contribution is 0.0146. The van der Waals surface area contributed by atoms with Crippen molar-refractivity contribution in [3.05, 3.63) is 17.7 Å². The van der Waals surface area contributed by atoms with Crippen LogP contribution in [0.1, 0.15) is 5.56 Å². The molecule has 0 saturated heterocycles. The Morgan fingerprint density at radius 3 is 1.02 bits per heavy atom. The molecular weight excluding hydrogens is 608 g/mol. The van der Waals surface area contributed by atoms with Gasteiger partial charge in [-0.3, -0.25) is 0 Å². The second-order valence-electron chi connectivity index (χ2n) is 8.25. The maximum atomic E-state index is 6.08. The summed E-state index contributed by atoms with van der Waals surface area (Å²) < 4.78 is 66.1. The number of hydrogen-bond acceptors (Lipinski definition) is 12. The lowest BCUT2D eigenvalue weighted by Crippen LogP contribution is -2.15. The van der Waals surface area contributed by atoms with E-state index in [1.807, 2.05) is 12.1 Å². The van der Waals surface area contributed by atoms with Crippen LogP contribution in [-0.2, 0) is 48.0 Å². The molecule has 0 bridgehead atoms. The Bertz CT molecular complexity index is 670. The van der Waals surface area contributed by atoms with Gasteiger partial charge in [0, 0.05) is 26.7 Å². The van der Waals surface area contributed by atoms with Crippen LogP contribution in [0.4, 0.5) is 0 Å². The molecule has 41 heavy (non-hydrogen) atoms. The number of alkyl halides is 1. The molecule has 1 aromatic rings. The van der Waals surface area contributed by atoms with Crippen molar-refractivity contribution < 1.29 is 56.8 Å². The van der Waals surface area contributed by atoms with Gasteiger partial charge < -0.3 is 56.8 Å². The molecule has 0 spiro atoms. The first-order valence-electron chi connectivity index (χ1n) is 13.8. The van der Waals surface area contributed by atoms with Crippen LogP contribution in [0.2, 0.25) is 0 Å². The van der Waals surface area contributed by atoms with Gasteiger partial charge >= 0.3 is 0 Å². The van der Waals surface area contributed by atoms with Gasteiger partial charge in [0.2, 0.25) is 5.75 Å². The molecule has 0 aliphatic rings. The first kappa shape index (κ1) is 37.8. The minimum atomic E-state index is 0.309. The number of hydrogen-bond donors (Lipinski definition) is 0. The van der Waals surface area contributed by atoms with Crippen molar-refractivity contribution in [3.8, 4) is 17.2 Å². The van der Waals surface area contributed by atoms with E-state index < -0.39 is 0 Å². The van der Waals surface area contributed by atoms with Crippen LogP contribution in [-0.4, -0.2) is 140 Å². The summed E-state index contributed by atoms with van der Waals surface area (Å²) in [5, 5.41) is 0.622. The van der Waals surface area contributed by atoms with E-state index in [-0.39, 0.29) is 0 Å². The Labute approximate surface area is 253 Å². The number of rotatable bonds is 31. The fourth-order valence-electron chi connectivity index (χ4n) is 3.08. The molecule has 0 aliphatic carbocycles. The Morgan fingerprint density at radius 2 is 0.707 bits per heavy atom. The fraction of sp³-hybridized carbons (Fsp3) is 0.786. The zero-order valence-corrected chi connectivity index (χ0v) is 26.5. The topological polar surface area (TPSA) is 111 Å². The minimum Gasteiger partial charge on any atom is -0.487 e. The van der Waals surface area contributed by atoms with Crippen molar-refractivity contribution in [2.75, 3.05) is 140 Å². The fourth-order valence-corrected chi connectivity index (χ4v) is 3.40. The molecule has 0 aromatic heterocycles. The van der Waals surface area contributed by atoms with Crippen molar-refractivity contribution in [3.63, 3.8) is 0 Å². The number of halogens is 1. The maximum absolute atomic E-state index is 6.08. The average molecular weight is 658 g/mol. The largest absolute Gasteiger partial charge is 0.487 e. The Hall–Kier alpha value is -1.26. The molecule has 240 valence electrons. The third kappa shape index (κ3) is 21.1. The molecule has 1 aromatic carbocycles. The molecule has 0 fully saturated rings. The maximum Gasteiger partial charge on any atom is 0.203 e. The summed E-state index contributed by atoms with van der Waals surface area (Å²) in [6.07, 6.45) is 0. The van der Waals surface area contributed by atoms with E-state index >= 15 is 0 Å². The highest BCUT2D eigenvalue weighted by Crippen LogP contribution is 2.39. The summed E-state index contributed by atoms with van der Waals surface area (Å²) in [7, 11) is 4.92. The van der Waals surface area contributed by atoms with Gasteiger partial charge in [-0.2, -0.15) is 0 Å². The second-order valence-corrected chi connectivity index (χ2v) is 8.81. The van der Waals surface area contributed by atoms with Crippen LogP contribution in [0.25, 0.3) is 0 Å². The van der Waals surface area contributed by atoms with Crippen LogP contribution >= 0.6 is 15.9 Å². The monoisotopic (exact) mass is 656 g/mol. The van der Waals surface area contributed by atoms with E-state index in [1.165, 1.54) is 0 Å².